The van der Waals surface area contributed by atoms with Crippen molar-refractivity contribution < 1.29 is 9.47 Å². The van der Waals surface area contributed by atoms with Crippen LogP contribution in [0, 0.1) is 11.3 Å². The van der Waals surface area contributed by atoms with Gasteiger partial charge in [-0.3, -0.25) is 4.99 Å². The van der Waals surface area contributed by atoms with Gasteiger partial charge in [0, 0.05) is 44.2 Å². The average molecular weight is 372 g/mol. The first-order chi connectivity index (χ1) is 13.2. The zero-order chi connectivity index (χ0) is 18.7. The van der Waals surface area contributed by atoms with E-state index in [9.17, 15) is 0 Å². The van der Waals surface area contributed by atoms with Gasteiger partial charge >= 0.3 is 0 Å². The molecule has 1 aliphatic heterocycles. The molecule has 1 saturated heterocycles. The molecule has 3 aliphatic rings. The molecule has 3 fully saturated rings. The number of benzene rings is 1. The fourth-order valence-corrected chi connectivity index (χ4v) is 5.16. The van der Waals surface area contributed by atoms with E-state index in [-0.39, 0.29) is 6.10 Å². The third-order valence-corrected chi connectivity index (χ3v) is 6.80. The van der Waals surface area contributed by atoms with Gasteiger partial charge < -0.3 is 20.1 Å². The van der Waals surface area contributed by atoms with Crippen molar-refractivity contribution in [2.45, 2.75) is 57.3 Å². The molecule has 5 nitrogen and oxygen atoms in total. The minimum Gasteiger partial charge on any atom is -0.377 e. The molecule has 2 aliphatic carbocycles. The highest BCUT2D eigenvalue weighted by atomic mass is 16.5. The van der Waals surface area contributed by atoms with E-state index in [1.165, 1.54) is 31.2 Å². The van der Waals surface area contributed by atoms with E-state index in [2.05, 4.69) is 46.8 Å². The topological polar surface area (TPSA) is 54.9 Å². The lowest BCUT2D eigenvalue weighted by Crippen LogP contribution is -2.72. The molecule has 1 aromatic carbocycles. The Morgan fingerprint density at radius 3 is 2.85 bits per heavy atom. The molecule has 148 valence electrons. The van der Waals surface area contributed by atoms with E-state index in [0.717, 1.165) is 32.1 Å². The summed E-state index contributed by atoms with van der Waals surface area (Å²) in [6.07, 6.45) is 6.72. The predicted octanol–water partition coefficient (Wildman–Crippen LogP) is 3.28. The molecule has 5 heteroatoms. The molecule has 2 saturated carbocycles. The molecule has 2 N–H and O–H groups in total. The van der Waals surface area contributed by atoms with Gasteiger partial charge in [-0.15, -0.1) is 0 Å². The van der Waals surface area contributed by atoms with Crippen LogP contribution in [0.3, 0.4) is 0 Å². The van der Waals surface area contributed by atoms with E-state index in [1.807, 2.05) is 13.1 Å². The number of fused-ring (bicyclic) bond motifs is 2. The minimum absolute atomic E-state index is 0.136. The lowest BCUT2D eigenvalue weighted by Gasteiger charge is -2.63. The van der Waals surface area contributed by atoms with Crippen molar-refractivity contribution in [1.29, 1.82) is 0 Å². The molecule has 0 bridgehead atoms. The van der Waals surface area contributed by atoms with Crippen LogP contribution in [0.25, 0.3) is 0 Å². The summed E-state index contributed by atoms with van der Waals surface area (Å²) in [5, 5.41) is 7.18. The Labute approximate surface area is 162 Å². The molecule has 27 heavy (non-hydrogen) atoms. The Morgan fingerprint density at radius 2 is 2.15 bits per heavy atom. The first kappa shape index (κ1) is 18.8. The summed E-state index contributed by atoms with van der Waals surface area (Å²) in [6.45, 7) is 4.65. The van der Waals surface area contributed by atoms with Crippen molar-refractivity contribution in [3.05, 3.63) is 35.9 Å². The van der Waals surface area contributed by atoms with Gasteiger partial charge in [-0.1, -0.05) is 36.8 Å². The summed E-state index contributed by atoms with van der Waals surface area (Å²) in [6, 6.07) is 10.9. The molecular formula is C22H33N3O2. The summed E-state index contributed by atoms with van der Waals surface area (Å²) in [4.78, 5) is 4.44. The quantitative estimate of drug-likeness (QED) is 0.439. The Bertz CT molecular complexity index is 644. The Hall–Kier alpha value is -1.59. The lowest BCUT2D eigenvalue weighted by atomic mass is 9.46. The second-order valence-corrected chi connectivity index (χ2v) is 8.23. The zero-order valence-corrected chi connectivity index (χ0v) is 16.6. The Balaban J connectivity index is 1.18. The van der Waals surface area contributed by atoms with Crippen LogP contribution in [0.5, 0.6) is 0 Å². The number of rotatable bonds is 7. The van der Waals surface area contributed by atoms with Crippen molar-refractivity contribution in [3.8, 4) is 0 Å². The summed E-state index contributed by atoms with van der Waals surface area (Å²) < 4.78 is 12.0. The van der Waals surface area contributed by atoms with E-state index in [4.69, 9.17) is 9.47 Å². The smallest absolute Gasteiger partial charge is 0.191 e. The zero-order valence-electron chi connectivity index (χ0n) is 16.6. The highest BCUT2D eigenvalue weighted by Gasteiger charge is 2.66. The summed E-state index contributed by atoms with van der Waals surface area (Å²) in [5.41, 5.74) is 1.61. The number of aliphatic imine (C=N–C) groups is 1. The van der Waals surface area contributed by atoms with E-state index < -0.39 is 0 Å². The second-order valence-electron chi connectivity index (χ2n) is 8.23. The van der Waals surface area contributed by atoms with Crippen LogP contribution in [0.1, 0.15) is 50.7 Å². The largest absolute Gasteiger partial charge is 0.377 e. The predicted molar refractivity (Wildman–Crippen MR) is 108 cm³/mol. The molecule has 4 atom stereocenters. The summed E-state index contributed by atoms with van der Waals surface area (Å²) in [5.74, 6) is 1.59. The number of guanidine groups is 1. The standard InChI is InChI=1S/C22H33N3O2/c1-16(17-8-4-3-5-9-17)26-14-7-13-24-21(23-2)25-19-18-10-15-27-20(18)22(19)11-6-12-22/h3-5,8-9,16,18-20H,6-7,10-15H2,1-2H3,(H2,23,24,25). The number of ether oxygens (including phenoxy) is 2. The third-order valence-electron chi connectivity index (χ3n) is 6.80. The van der Waals surface area contributed by atoms with Gasteiger partial charge in [-0.05, 0) is 38.2 Å². The number of nitrogens with one attached hydrogen (secondary N) is 2. The van der Waals surface area contributed by atoms with Gasteiger partial charge in [0.1, 0.15) is 0 Å². The van der Waals surface area contributed by atoms with Crippen molar-refractivity contribution in [2.24, 2.45) is 16.3 Å². The molecule has 4 unspecified atom stereocenters. The van der Waals surface area contributed by atoms with Crippen LogP contribution in [0.15, 0.2) is 35.3 Å². The lowest BCUT2D eigenvalue weighted by molar-refractivity contribution is -0.171. The van der Waals surface area contributed by atoms with Crippen molar-refractivity contribution in [2.75, 3.05) is 26.8 Å². The highest BCUT2D eigenvalue weighted by molar-refractivity contribution is 5.80. The number of hydrogen-bond acceptors (Lipinski definition) is 3. The first-order valence-electron chi connectivity index (χ1n) is 10.5. The average Bonchev–Trinajstić information content (AvgIpc) is 3.08. The maximum atomic E-state index is 6.01. The fraction of sp³-hybridized carbons (Fsp3) is 0.682. The highest BCUT2D eigenvalue weighted by Crippen LogP contribution is 2.62. The number of hydrogen-bond donors (Lipinski definition) is 2. The normalized spacial score (nSPS) is 29.6. The van der Waals surface area contributed by atoms with Crippen molar-refractivity contribution in [3.63, 3.8) is 0 Å². The monoisotopic (exact) mass is 371 g/mol. The molecular weight excluding hydrogens is 338 g/mol. The van der Waals surface area contributed by atoms with E-state index >= 15 is 0 Å². The van der Waals surface area contributed by atoms with Gasteiger partial charge in [0.25, 0.3) is 0 Å². The number of nitrogens with zero attached hydrogens (tertiary/aromatic N) is 1. The van der Waals surface area contributed by atoms with Crippen LogP contribution >= 0.6 is 0 Å². The molecule has 1 heterocycles. The summed E-state index contributed by atoms with van der Waals surface area (Å²) in [7, 11) is 1.86. The van der Waals surface area contributed by atoms with Gasteiger partial charge in [0.15, 0.2) is 5.96 Å². The van der Waals surface area contributed by atoms with Crippen LogP contribution < -0.4 is 10.6 Å². The summed E-state index contributed by atoms with van der Waals surface area (Å²) >= 11 is 0. The van der Waals surface area contributed by atoms with Gasteiger partial charge in [0.2, 0.25) is 0 Å². The minimum atomic E-state index is 0.136. The maximum absolute atomic E-state index is 6.01. The van der Waals surface area contributed by atoms with Crippen LogP contribution in [0.4, 0.5) is 0 Å². The molecule has 0 aromatic heterocycles. The van der Waals surface area contributed by atoms with Crippen LogP contribution in [-0.4, -0.2) is 44.9 Å². The van der Waals surface area contributed by atoms with Crippen LogP contribution in [-0.2, 0) is 9.47 Å². The molecule has 0 amide bonds. The molecule has 1 aromatic rings. The van der Waals surface area contributed by atoms with Crippen molar-refractivity contribution in [1.82, 2.24) is 10.6 Å². The second kappa shape index (κ2) is 8.19. The van der Waals surface area contributed by atoms with Crippen LogP contribution in [0.2, 0.25) is 0 Å². The fourth-order valence-electron chi connectivity index (χ4n) is 5.16. The SMILES string of the molecule is CN=C(NCCCOC(C)c1ccccc1)NC1C2CCOC2C12CCC2. The Morgan fingerprint density at radius 1 is 1.33 bits per heavy atom. The third kappa shape index (κ3) is 3.59. The maximum Gasteiger partial charge on any atom is 0.191 e. The molecule has 0 radical (unpaired) electrons. The van der Waals surface area contributed by atoms with Crippen molar-refractivity contribution >= 4 is 5.96 Å². The first-order valence-corrected chi connectivity index (χ1v) is 10.5. The van der Waals surface area contributed by atoms with Gasteiger partial charge in [-0.2, -0.15) is 0 Å². The van der Waals surface area contributed by atoms with Gasteiger partial charge in [-0.25, -0.2) is 0 Å². The van der Waals surface area contributed by atoms with E-state index in [0.29, 0.717) is 23.5 Å². The molecule has 1 spiro atoms. The Kier molecular flexibility index (Phi) is 5.69. The van der Waals surface area contributed by atoms with Gasteiger partial charge in [0.05, 0.1) is 12.2 Å². The van der Waals surface area contributed by atoms with E-state index in [1.54, 1.807) is 0 Å². The molecule has 4 rings (SSSR count).